The fourth-order valence-electron chi connectivity index (χ4n) is 2.50. The summed E-state index contributed by atoms with van der Waals surface area (Å²) in [6, 6.07) is 10.3. The number of imidazole rings is 2. The maximum atomic E-state index is 6.35. The van der Waals surface area contributed by atoms with E-state index in [9.17, 15) is 0 Å². The summed E-state index contributed by atoms with van der Waals surface area (Å²) in [4.78, 5) is 8.85. The zero-order chi connectivity index (χ0) is 14.8. The second kappa shape index (κ2) is 5.44. The van der Waals surface area contributed by atoms with Gasteiger partial charge in [0.1, 0.15) is 17.3 Å². The predicted molar refractivity (Wildman–Crippen MR) is 83.8 cm³/mol. The molecular formula is C16H19N5. The topological polar surface area (TPSA) is 61.7 Å². The van der Waals surface area contributed by atoms with Crippen LogP contribution in [0.2, 0.25) is 0 Å². The Labute approximate surface area is 124 Å². The molecule has 0 fully saturated rings. The predicted octanol–water partition coefficient (Wildman–Crippen LogP) is 2.48. The quantitative estimate of drug-likeness (QED) is 0.799. The molecule has 0 aliphatic rings. The Kier molecular flexibility index (Phi) is 3.48. The first-order valence-electron chi connectivity index (χ1n) is 7.06. The van der Waals surface area contributed by atoms with Crippen LogP contribution in [0.4, 0.5) is 5.82 Å². The first-order valence-corrected chi connectivity index (χ1v) is 7.06. The highest BCUT2D eigenvalue weighted by Crippen LogP contribution is 2.26. The van der Waals surface area contributed by atoms with Crippen LogP contribution >= 0.6 is 0 Å². The van der Waals surface area contributed by atoms with E-state index in [1.165, 1.54) is 5.56 Å². The third kappa shape index (κ3) is 2.42. The van der Waals surface area contributed by atoms with Crippen LogP contribution < -0.4 is 5.73 Å². The number of nitrogen functional groups attached to an aromatic ring is 1. The second-order valence-corrected chi connectivity index (χ2v) is 5.08. The van der Waals surface area contributed by atoms with Gasteiger partial charge in [-0.15, -0.1) is 0 Å². The van der Waals surface area contributed by atoms with Crippen molar-refractivity contribution >= 4 is 5.82 Å². The van der Waals surface area contributed by atoms with Crippen molar-refractivity contribution in [3.63, 3.8) is 0 Å². The van der Waals surface area contributed by atoms with Crippen molar-refractivity contribution in [3.8, 4) is 11.4 Å². The summed E-state index contributed by atoms with van der Waals surface area (Å²) >= 11 is 0. The van der Waals surface area contributed by atoms with E-state index in [2.05, 4.69) is 28.6 Å². The molecular weight excluding hydrogens is 262 g/mol. The maximum absolute atomic E-state index is 6.35. The molecule has 21 heavy (non-hydrogen) atoms. The molecule has 108 valence electrons. The maximum Gasteiger partial charge on any atom is 0.133 e. The number of nitrogens with zero attached hydrogens (tertiary/aromatic N) is 4. The molecule has 1 aromatic carbocycles. The minimum atomic E-state index is 0.694. The van der Waals surface area contributed by atoms with E-state index in [1.54, 1.807) is 12.5 Å². The lowest BCUT2D eigenvalue weighted by Gasteiger charge is -2.09. The Morgan fingerprint density at radius 2 is 1.95 bits per heavy atom. The number of anilines is 1. The van der Waals surface area contributed by atoms with Crippen molar-refractivity contribution in [1.29, 1.82) is 0 Å². The molecule has 2 aromatic heterocycles. The van der Waals surface area contributed by atoms with Crippen LogP contribution in [-0.4, -0.2) is 19.1 Å². The number of rotatable bonds is 4. The van der Waals surface area contributed by atoms with Crippen LogP contribution in [0.25, 0.3) is 11.4 Å². The van der Waals surface area contributed by atoms with Crippen LogP contribution in [0.1, 0.15) is 18.3 Å². The summed E-state index contributed by atoms with van der Waals surface area (Å²) in [5.74, 6) is 1.69. The fourth-order valence-corrected chi connectivity index (χ4v) is 2.50. The number of hydrogen-bond acceptors (Lipinski definition) is 3. The number of aromatic nitrogens is 4. The third-order valence-electron chi connectivity index (χ3n) is 3.64. The normalized spacial score (nSPS) is 11.0. The first-order chi connectivity index (χ1) is 10.2. The summed E-state index contributed by atoms with van der Waals surface area (Å²) < 4.78 is 4.02. The van der Waals surface area contributed by atoms with Gasteiger partial charge in [0, 0.05) is 13.5 Å². The van der Waals surface area contributed by atoms with Crippen molar-refractivity contribution in [2.45, 2.75) is 19.9 Å². The Morgan fingerprint density at radius 3 is 2.57 bits per heavy atom. The second-order valence-electron chi connectivity index (χ2n) is 5.08. The number of nitrogens with two attached hydrogens (primary N) is 1. The van der Waals surface area contributed by atoms with E-state index in [4.69, 9.17) is 10.7 Å². The minimum Gasteiger partial charge on any atom is -0.383 e. The molecule has 0 atom stereocenters. The van der Waals surface area contributed by atoms with Gasteiger partial charge < -0.3 is 14.9 Å². The largest absolute Gasteiger partial charge is 0.383 e. The van der Waals surface area contributed by atoms with Gasteiger partial charge in [-0.3, -0.25) is 0 Å². The van der Waals surface area contributed by atoms with E-state index in [1.807, 2.05) is 29.8 Å². The van der Waals surface area contributed by atoms with E-state index in [0.717, 1.165) is 30.2 Å². The monoisotopic (exact) mass is 281 g/mol. The molecule has 0 unspecified atom stereocenters. The SMILES string of the molecule is CCc1nc(-c2cncn2C)c(N)n1Cc1ccccc1. The minimum absolute atomic E-state index is 0.694. The molecule has 5 nitrogen and oxygen atoms in total. The molecule has 0 spiro atoms. The van der Waals surface area contributed by atoms with Crippen molar-refractivity contribution in [3.05, 3.63) is 54.2 Å². The lowest BCUT2D eigenvalue weighted by molar-refractivity contribution is 0.740. The van der Waals surface area contributed by atoms with Crippen LogP contribution in [0.3, 0.4) is 0 Å². The Bertz CT molecular complexity index is 739. The molecule has 0 saturated carbocycles. The van der Waals surface area contributed by atoms with Crippen molar-refractivity contribution < 1.29 is 0 Å². The molecule has 5 heteroatoms. The van der Waals surface area contributed by atoms with Crippen LogP contribution in [-0.2, 0) is 20.0 Å². The molecule has 0 saturated heterocycles. The van der Waals surface area contributed by atoms with Gasteiger partial charge in [0.15, 0.2) is 0 Å². The Hall–Kier alpha value is -2.56. The van der Waals surface area contributed by atoms with Gasteiger partial charge in [-0.2, -0.15) is 0 Å². The highest BCUT2D eigenvalue weighted by molar-refractivity contribution is 5.68. The molecule has 2 heterocycles. The van der Waals surface area contributed by atoms with Gasteiger partial charge in [0.2, 0.25) is 0 Å². The van der Waals surface area contributed by atoms with Gasteiger partial charge in [0.05, 0.1) is 24.8 Å². The standard InChI is InChI=1S/C16H19N5/c1-3-14-19-15(13-9-18-11-20(13)2)16(17)21(14)10-12-7-5-4-6-8-12/h4-9,11H,3,10,17H2,1-2H3. The zero-order valence-corrected chi connectivity index (χ0v) is 12.3. The van der Waals surface area contributed by atoms with Crippen molar-refractivity contribution in [2.75, 3.05) is 5.73 Å². The summed E-state index contributed by atoms with van der Waals surface area (Å²) in [6.45, 7) is 2.83. The van der Waals surface area contributed by atoms with Gasteiger partial charge >= 0.3 is 0 Å². The number of benzene rings is 1. The molecule has 2 N–H and O–H groups in total. The average Bonchev–Trinajstić information content (AvgIpc) is 3.05. The van der Waals surface area contributed by atoms with Gasteiger partial charge in [0.25, 0.3) is 0 Å². The van der Waals surface area contributed by atoms with Crippen molar-refractivity contribution in [1.82, 2.24) is 19.1 Å². The lowest BCUT2D eigenvalue weighted by atomic mass is 10.2. The molecule has 0 bridgehead atoms. The van der Waals surface area contributed by atoms with Crippen LogP contribution in [0.5, 0.6) is 0 Å². The van der Waals surface area contributed by atoms with Crippen LogP contribution in [0.15, 0.2) is 42.9 Å². The van der Waals surface area contributed by atoms with E-state index < -0.39 is 0 Å². The molecule has 0 radical (unpaired) electrons. The van der Waals surface area contributed by atoms with Gasteiger partial charge in [-0.1, -0.05) is 37.3 Å². The lowest BCUT2D eigenvalue weighted by Crippen LogP contribution is -2.08. The van der Waals surface area contributed by atoms with Gasteiger partial charge in [-0.25, -0.2) is 9.97 Å². The third-order valence-corrected chi connectivity index (χ3v) is 3.64. The summed E-state index contributed by atoms with van der Waals surface area (Å²) in [7, 11) is 1.95. The fraction of sp³-hybridized carbons (Fsp3) is 0.250. The highest BCUT2D eigenvalue weighted by atomic mass is 15.2. The van der Waals surface area contributed by atoms with Crippen LogP contribution in [0, 0.1) is 0 Å². The Morgan fingerprint density at radius 1 is 1.19 bits per heavy atom. The number of hydrogen-bond donors (Lipinski definition) is 1. The Balaban J connectivity index is 2.05. The molecule has 0 aliphatic carbocycles. The molecule has 3 rings (SSSR count). The highest BCUT2D eigenvalue weighted by Gasteiger charge is 2.17. The van der Waals surface area contributed by atoms with E-state index in [0.29, 0.717) is 5.82 Å². The van der Waals surface area contributed by atoms with E-state index in [-0.39, 0.29) is 0 Å². The molecule has 0 aliphatic heterocycles. The zero-order valence-electron chi connectivity index (χ0n) is 12.3. The molecule has 0 amide bonds. The van der Waals surface area contributed by atoms with Crippen molar-refractivity contribution in [2.24, 2.45) is 7.05 Å². The van der Waals surface area contributed by atoms with Gasteiger partial charge in [-0.05, 0) is 5.56 Å². The smallest absolute Gasteiger partial charge is 0.133 e. The summed E-state index contributed by atoms with van der Waals surface area (Å²) in [5, 5.41) is 0. The summed E-state index contributed by atoms with van der Waals surface area (Å²) in [5.41, 5.74) is 9.31. The average molecular weight is 281 g/mol. The summed E-state index contributed by atoms with van der Waals surface area (Å²) in [6.07, 6.45) is 4.40. The van der Waals surface area contributed by atoms with E-state index >= 15 is 0 Å². The number of aryl methyl sites for hydroxylation is 2. The first kappa shape index (κ1) is 13.4. The molecule has 3 aromatic rings.